The smallest absolute Gasteiger partial charge is 0.227 e. The van der Waals surface area contributed by atoms with Crippen LogP contribution >= 0.6 is 11.8 Å². The van der Waals surface area contributed by atoms with Crippen LogP contribution in [0.4, 0.5) is 4.39 Å². The summed E-state index contributed by atoms with van der Waals surface area (Å²) >= 11 is 1.20. The lowest BCUT2D eigenvalue weighted by Gasteiger charge is -2.15. The third kappa shape index (κ3) is 4.56. The highest BCUT2D eigenvalue weighted by Crippen LogP contribution is 2.24. The summed E-state index contributed by atoms with van der Waals surface area (Å²) in [7, 11) is 0. The van der Waals surface area contributed by atoms with E-state index in [1.54, 1.807) is 22.8 Å². The molecule has 0 spiro atoms. The standard InChI is InChI=1S/C15H17FN4O2S/c1-3-8-20-14(18-19-15(20)23-9-13(17)21)10(2)22-12-6-4-11(16)5-7-12/h3-7,10H,1,8-9H2,2H3,(H2,17,21). The van der Waals surface area contributed by atoms with Gasteiger partial charge in [-0.05, 0) is 31.2 Å². The summed E-state index contributed by atoms with van der Waals surface area (Å²) in [5, 5.41) is 8.75. The molecule has 2 aromatic rings. The van der Waals surface area contributed by atoms with E-state index < -0.39 is 12.0 Å². The molecule has 1 heterocycles. The fourth-order valence-corrected chi connectivity index (χ4v) is 2.61. The number of allylic oxidation sites excluding steroid dienone is 1. The minimum absolute atomic E-state index is 0.114. The number of rotatable bonds is 8. The number of amides is 1. The Morgan fingerprint density at radius 1 is 1.48 bits per heavy atom. The second kappa shape index (κ2) is 7.77. The lowest BCUT2D eigenvalue weighted by atomic mass is 10.3. The van der Waals surface area contributed by atoms with Crippen LogP contribution in [0.1, 0.15) is 18.9 Å². The number of primary amides is 1. The molecule has 2 N–H and O–H groups in total. The van der Waals surface area contributed by atoms with Crippen molar-refractivity contribution in [3.05, 3.63) is 48.6 Å². The van der Waals surface area contributed by atoms with Gasteiger partial charge in [-0.3, -0.25) is 9.36 Å². The van der Waals surface area contributed by atoms with Crippen LogP contribution in [-0.4, -0.2) is 26.4 Å². The number of nitrogens with zero attached hydrogens (tertiary/aromatic N) is 3. The lowest BCUT2D eigenvalue weighted by molar-refractivity contribution is -0.115. The maximum atomic E-state index is 12.9. The molecule has 1 aromatic heterocycles. The summed E-state index contributed by atoms with van der Waals surface area (Å²) < 4.78 is 20.5. The molecule has 0 aliphatic carbocycles. The van der Waals surface area contributed by atoms with E-state index in [4.69, 9.17) is 10.5 Å². The summed E-state index contributed by atoms with van der Waals surface area (Å²) in [6, 6.07) is 5.74. The van der Waals surface area contributed by atoms with Gasteiger partial charge in [0.25, 0.3) is 0 Å². The summed E-state index contributed by atoms with van der Waals surface area (Å²) in [6.45, 7) is 5.99. The van der Waals surface area contributed by atoms with Crippen molar-refractivity contribution in [2.75, 3.05) is 5.75 Å². The number of thioether (sulfide) groups is 1. The minimum atomic E-state index is -0.430. The molecular formula is C15H17FN4O2S. The summed E-state index contributed by atoms with van der Waals surface area (Å²) in [5.41, 5.74) is 5.15. The Bertz CT molecular complexity index is 687. The number of benzene rings is 1. The number of halogens is 1. The van der Waals surface area contributed by atoms with Gasteiger partial charge in [0, 0.05) is 6.54 Å². The van der Waals surface area contributed by atoms with E-state index in [0.717, 1.165) is 0 Å². The van der Waals surface area contributed by atoms with Crippen molar-refractivity contribution in [3.63, 3.8) is 0 Å². The molecular weight excluding hydrogens is 319 g/mol. The van der Waals surface area contributed by atoms with Gasteiger partial charge in [0.1, 0.15) is 11.6 Å². The van der Waals surface area contributed by atoms with Crippen LogP contribution in [0.2, 0.25) is 0 Å². The highest BCUT2D eigenvalue weighted by atomic mass is 32.2. The Hall–Kier alpha value is -2.35. The predicted octanol–water partition coefficient (Wildman–Crippen LogP) is 2.32. The molecule has 0 aliphatic rings. The van der Waals surface area contributed by atoms with Gasteiger partial charge in [-0.1, -0.05) is 17.8 Å². The monoisotopic (exact) mass is 336 g/mol. The molecule has 0 saturated carbocycles. The van der Waals surface area contributed by atoms with Crippen LogP contribution in [0.3, 0.4) is 0 Å². The molecule has 8 heteroatoms. The lowest BCUT2D eigenvalue weighted by Crippen LogP contribution is -2.15. The fraction of sp³-hybridized carbons (Fsp3) is 0.267. The van der Waals surface area contributed by atoms with Crippen molar-refractivity contribution >= 4 is 17.7 Å². The molecule has 1 amide bonds. The quantitative estimate of drug-likeness (QED) is 0.591. The molecule has 122 valence electrons. The van der Waals surface area contributed by atoms with Gasteiger partial charge in [-0.15, -0.1) is 16.8 Å². The maximum Gasteiger partial charge on any atom is 0.227 e. The number of carbonyl (C=O) groups excluding carboxylic acids is 1. The molecule has 0 saturated heterocycles. The largest absolute Gasteiger partial charge is 0.483 e. The van der Waals surface area contributed by atoms with Gasteiger partial charge in [0.15, 0.2) is 17.1 Å². The molecule has 1 aromatic carbocycles. The van der Waals surface area contributed by atoms with E-state index in [0.29, 0.717) is 23.3 Å². The van der Waals surface area contributed by atoms with Crippen molar-refractivity contribution in [3.8, 4) is 5.75 Å². The molecule has 0 fully saturated rings. The van der Waals surface area contributed by atoms with Gasteiger partial charge in [-0.2, -0.15) is 0 Å². The summed E-state index contributed by atoms with van der Waals surface area (Å²) in [5.74, 6) is 0.465. The first-order valence-corrected chi connectivity index (χ1v) is 7.87. The van der Waals surface area contributed by atoms with Crippen LogP contribution in [0, 0.1) is 5.82 Å². The maximum absolute atomic E-state index is 12.9. The van der Waals surface area contributed by atoms with E-state index >= 15 is 0 Å². The number of hydrogen-bond donors (Lipinski definition) is 1. The first kappa shape index (κ1) is 17.0. The average Bonchev–Trinajstić information content (AvgIpc) is 2.91. The highest BCUT2D eigenvalue weighted by molar-refractivity contribution is 7.99. The molecule has 1 atom stereocenters. The number of hydrogen-bond acceptors (Lipinski definition) is 5. The Labute approximate surface area is 137 Å². The first-order chi connectivity index (χ1) is 11.0. The number of ether oxygens (including phenoxy) is 1. The molecule has 23 heavy (non-hydrogen) atoms. The Kier molecular flexibility index (Phi) is 5.75. The second-order valence-corrected chi connectivity index (χ2v) is 5.65. The van der Waals surface area contributed by atoms with Gasteiger partial charge in [0.2, 0.25) is 5.91 Å². The van der Waals surface area contributed by atoms with E-state index in [2.05, 4.69) is 16.8 Å². The third-order valence-corrected chi connectivity index (χ3v) is 3.88. The average molecular weight is 336 g/mol. The summed E-state index contributed by atoms with van der Waals surface area (Å²) in [4.78, 5) is 10.9. The first-order valence-electron chi connectivity index (χ1n) is 6.88. The van der Waals surface area contributed by atoms with E-state index in [9.17, 15) is 9.18 Å². The minimum Gasteiger partial charge on any atom is -0.483 e. The normalized spacial score (nSPS) is 11.9. The Morgan fingerprint density at radius 3 is 2.78 bits per heavy atom. The van der Waals surface area contributed by atoms with E-state index in [1.165, 1.54) is 23.9 Å². The van der Waals surface area contributed by atoms with Crippen molar-refractivity contribution in [1.29, 1.82) is 0 Å². The molecule has 0 aliphatic heterocycles. The number of carbonyl (C=O) groups is 1. The van der Waals surface area contributed by atoms with Crippen LogP contribution in [0.5, 0.6) is 5.75 Å². The molecule has 0 bridgehead atoms. The van der Waals surface area contributed by atoms with E-state index in [-0.39, 0.29) is 11.6 Å². The van der Waals surface area contributed by atoms with Gasteiger partial charge >= 0.3 is 0 Å². The van der Waals surface area contributed by atoms with Crippen molar-refractivity contribution in [2.24, 2.45) is 5.73 Å². The molecule has 6 nitrogen and oxygen atoms in total. The van der Waals surface area contributed by atoms with Crippen LogP contribution in [0.25, 0.3) is 0 Å². The zero-order chi connectivity index (χ0) is 16.8. The van der Waals surface area contributed by atoms with E-state index in [1.807, 2.05) is 6.92 Å². The SMILES string of the molecule is C=CCn1c(SCC(N)=O)nnc1C(C)Oc1ccc(F)cc1. The zero-order valence-electron chi connectivity index (χ0n) is 12.6. The molecule has 1 unspecified atom stereocenters. The Balaban J connectivity index is 2.17. The highest BCUT2D eigenvalue weighted by Gasteiger charge is 2.19. The topological polar surface area (TPSA) is 83.0 Å². The zero-order valence-corrected chi connectivity index (χ0v) is 13.4. The fourth-order valence-electron chi connectivity index (χ4n) is 1.91. The van der Waals surface area contributed by atoms with Crippen molar-refractivity contribution in [2.45, 2.75) is 24.7 Å². The Morgan fingerprint density at radius 2 is 2.17 bits per heavy atom. The van der Waals surface area contributed by atoms with Crippen LogP contribution < -0.4 is 10.5 Å². The van der Waals surface area contributed by atoms with Crippen LogP contribution in [-0.2, 0) is 11.3 Å². The predicted molar refractivity (Wildman–Crippen MR) is 85.6 cm³/mol. The molecule has 0 radical (unpaired) electrons. The van der Waals surface area contributed by atoms with Gasteiger partial charge in [0.05, 0.1) is 5.75 Å². The second-order valence-electron chi connectivity index (χ2n) is 4.71. The van der Waals surface area contributed by atoms with Crippen LogP contribution in [0.15, 0.2) is 42.1 Å². The van der Waals surface area contributed by atoms with Crippen molar-refractivity contribution < 1.29 is 13.9 Å². The van der Waals surface area contributed by atoms with Gasteiger partial charge in [-0.25, -0.2) is 4.39 Å². The number of nitrogens with two attached hydrogens (primary N) is 1. The molecule has 2 rings (SSSR count). The third-order valence-electron chi connectivity index (χ3n) is 2.89. The number of aromatic nitrogens is 3. The van der Waals surface area contributed by atoms with Crippen molar-refractivity contribution in [1.82, 2.24) is 14.8 Å². The summed E-state index contributed by atoms with van der Waals surface area (Å²) in [6.07, 6.45) is 1.29. The van der Waals surface area contributed by atoms with Gasteiger partial charge < -0.3 is 10.5 Å².